The van der Waals surface area contributed by atoms with Gasteiger partial charge in [0.25, 0.3) is 0 Å². The second-order valence-corrected chi connectivity index (χ2v) is 5.78. The van der Waals surface area contributed by atoms with Gasteiger partial charge in [-0.1, -0.05) is 27.2 Å². The lowest BCUT2D eigenvalue weighted by Gasteiger charge is -2.48. The molecule has 0 radical (unpaired) electrons. The van der Waals surface area contributed by atoms with Gasteiger partial charge in [0.1, 0.15) is 0 Å². The van der Waals surface area contributed by atoms with Crippen LogP contribution in [0.15, 0.2) is 0 Å². The second-order valence-electron chi connectivity index (χ2n) is 5.78. The molecule has 0 aromatic rings. The van der Waals surface area contributed by atoms with Gasteiger partial charge in [-0.25, -0.2) is 0 Å². The van der Waals surface area contributed by atoms with E-state index >= 15 is 0 Å². The Labute approximate surface area is 107 Å². The molecule has 1 saturated heterocycles. The van der Waals surface area contributed by atoms with E-state index < -0.39 is 0 Å². The van der Waals surface area contributed by atoms with Crippen molar-refractivity contribution in [2.45, 2.75) is 45.6 Å². The summed E-state index contributed by atoms with van der Waals surface area (Å²) in [6, 6.07) is 0. The summed E-state index contributed by atoms with van der Waals surface area (Å²) in [5.41, 5.74) is 6.39. The van der Waals surface area contributed by atoms with E-state index in [4.69, 9.17) is 5.73 Å². The van der Waals surface area contributed by atoms with Crippen molar-refractivity contribution < 1.29 is 0 Å². The SMILES string of the molecule is CCC(C)CN(CC)C1(CN)CCN(C)CC1. The molecule has 3 nitrogen and oxygen atoms in total. The molecule has 0 amide bonds. The monoisotopic (exact) mass is 241 g/mol. The van der Waals surface area contributed by atoms with Crippen molar-refractivity contribution >= 4 is 0 Å². The molecular formula is C14H31N3. The van der Waals surface area contributed by atoms with E-state index in [2.05, 4.69) is 37.6 Å². The molecule has 3 heteroatoms. The highest BCUT2D eigenvalue weighted by Gasteiger charge is 2.37. The third kappa shape index (κ3) is 3.67. The fraction of sp³-hybridized carbons (Fsp3) is 1.00. The van der Waals surface area contributed by atoms with Crippen molar-refractivity contribution in [3.63, 3.8) is 0 Å². The molecule has 1 fully saturated rings. The number of likely N-dealkylation sites (N-methyl/N-ethyl adjacent to an activating group) is 1. The zero-order chi connectivity index (χ0) is 12.9. The van der Waals surface area contributed by atoms with Gasteiger partial charge in [0.2, 0.25) is 0 Å². The van der Waals surface area contributed by atoms with Crippen LogP contribution < -0.4 is 5.73 Å². The Morgan fingerprint density at radius 1 is 1.29 bits per heavy atom. The maximum atomic E-state index is 6.12. The minimum atomic E-state index is 0.269. The average Bonchev–Trinajstić information content (AvgIpc) is 2.37. The van der Waals surface area contributed by atoms with Crippen molar-refractivity contribution in [2.75, 3.05) is 39.8 Å². The van der Waals surface area contributed by atoms with Crippen LogP contribution in [0.4, 0.5) is 0 Å². The fourth-order valence-corrected chi connectivity index (χ4v) is 2.85. The Bertz CT molecular complexity index is 210. The topological polar surface area (TPSA) is 32.5 Å². The summed E-state index contributed by atoms with van der Waals surface area (Å²) in [5, 5.41) is 0. The molecule has 1 heterocycles. The first kappa shape index (κ1) is 14.9. The summed E-state index contributed by atoms with van der Waals surface area (Å²) >= 11 is 0. The van der Waals surface area contributed by atoms with Gasteiger partial charge in [0.05, 0.1) is 0 Å². The molecule has 1 aliphatic rings. The van der Waals surface area contributed by atoms with Crippen LogP contribution in [0.2, 0.25) is 0 Å². The summed E-state index contributed by atoms with van der Waals surface area (Å²) in [6.07, 6.45) is 3.71. The lowest BCUT2D eigenvalue weighted by atomic mass is 9.85. The van der Waals surface area contributed by atoms with Gasteiger partial charge >= 0.3 is 0 Å². The second kappa shape index (κ2) is 6.72. The van der Waals surface area contributed by atoms with E-state index in [-0.39, 0.29) is 5.54 Å². The van der Waals surface area contributed by atoms with E-state index in [1.807, 2.05) is 0 Å². The molecule has 102 valence electrons. The van der Waals surface area contributed by atoms with Gasteiger partial charge in [-0.15, -0.1) is 0 Å². The van der Waals surface area contributed by atoms with Crippen LogP contribution in [-0.4, -0.2) is 55.1 Å². The zero-order valence-electron chi connectivity index (χ0n) is 12.2. The zero-order valence-corrected chi connectivity index (χ0v) is 12.2. The third-order valence-electron chi connectivity index (χ3n) is 4.58. The molecule has 1 atom stereocenters. The predicted octanol–water partition coefficient (Wildman–Crippen LogP) is 1.78. The number of likely N-dealkylation sites (tertiary alicyclic amines) is 1. The van der Waals surface area contributed by atoms with Gasteiger partial charge in [0, 0.05) is 18.6 Å². The molecule has 0 aliphatic carbocycles. The molecule has 0 saturated carbocycles. The van der Waals surface area contributed by atoms with Gasteiger partial charge in [-0.05, 0) is 45.4 Å². The Morgan fingerprint density at radius 2 is 1.88 bits per heavy atom. The van der Waals surface area contributed by atoms with Crippen molar-refractivity contribution in [1.29, 1.82) is 0 Å². The number of nitrogens with zero attached hydrogens (tertiary/aromatic N) is 2. The maximum Gasteiger partial charge on any atom is 0.0356 e. The van der Waals surface area contributed by atoms with Crippen molar-refractivity contribution in [3.8, 4) is 0 Å². The highest BCUT2D eigenvalue weighted by Crippen LogP contribution is 2.28. The van der Waals surface area contributed by atoms with Gasteiger partial charge < -0.3 is 10.6 Å². The van der Waals surface area contributed by atoms with Crippen molar-refractivity contribution in [3.05, 3.63) is 0 Å². The van der Waals surface area contributed by atoms with Gasteiger partial charge in [-0.2, -0.15) is 0 Å². The van der Waals surface area contributed by atoms with Crippen LogP contribution in [0.3, 0.4) is 0 Å². The van der Waals surface area contributed by atoms with Crippen LogP contribution in [0.25, 0.3) is 0 Å². The minimum absolute atomic E-state index is 0.269. The van der Waals surface area contributed by atoms with E-state index in [1.54, 1.807) is 0 Å². The lowest BCUT2D eigenvalue weighted by Crippen LogP contribution is -2.59. The minimum Gasteiger partial charge on any atom is -0.329 e. The number of rotatable bonds is 6. The summed E-state index contributed by atoms with van der Waals surface area (Å²) < 4.78 is 0. The molecule has 1 aliphatic heterocycles. The molecular weight excluding hydrogens is 210 g/mol. The maximum absolute atomic E-state index is 6.12. The molecule has 1 rings (SSSR count). The highest BCUT2D eigenvalue weighted by atomic mass is 15.2. The Balaban J connectivity index is 2.68. The Hall–Kier alpha value is -0.120. The summed E-state index contributed by atoms with van der Waals surface area (Å²) in [5.74, 6) is 0.776. The predicted molar refractivity (Wildman–Crippen MR) is 75.2 cm³/mol. The van der Waals surface area contributed by atoms with Crippen LogP contribution in [-0.2, 0) is 0 Å². The number of hydrogen-bond acceptors (Lipinski definition) is 3. The highest BCUT2D eigenvalue weighted by molar-refractivity contribution is 4.95. The standard InChI is InChI=1S/C14H31N3/c1-5-13(3)11-17(6-2)14(12-15)7-9-16(4)10-8-14/h13H,5-12,15H2,1-4H3. The molecule has 0 aromatic carbocycles. The molecule has 2 N–H and O–H groups in total. The molecule has 1 unspecified atom stereocenters. The third-order valence-corrected chi connectivity index (χ3v) is 4.58. The normalized spacial score (nSPS) is 22.9. The summed E-state index contributed by atoms with van der Waals surface area (Å²) in [6.45, 7) is 12.4. The lowest BCUT2D eigenvalue weighted by molar-refractivity contribution is 0.0275. The van der Waals surface area contributed by atoms with Crippen LogP contribution in [0.1, 0.15) is 40.0 Å². The van der Waals surface area contributed by atoms with Crippen LogP contribution in [0, 0.1) is 5.92 Å². The largest absolute Gasteiger partial charge is 0.329 e. The molecule has 0 bridgehead atoms. The molecule has 17 heavy (non-hydrogen) atoms. The van der Waals surface area contributed by atoms with Gasteiger partial charge in [-0.3, -0.25) is 4.90 Å². The van der Waals surface area contributed by atoms with Crippen molar-refractivity contribution in [1.82, 2.24) is 9.80 Å². The number of piperidine rings is 1. The first-order valence-corrected chi connectivity index (χ1v) is 7.21. The first-order chi connectivity index (χ1) is 8.07. The smallest absolute Gasteiger partial charge is 0.0356 e. The fourth-order valence-electron chi connectivity index (χ4n) is 2.85. The Kier molecular flexibility index (Phi) is 5.90. The van der Waals surface area contributed by atoms with E-state index in [9.17, 15) is 0 Å². The molecule has 0 aromatic heterocycles. The van der Waals surface area contributed by atoms with Crippen LogP contribution >= 0.6 is 0 Å². The quantitative estimate of drug-likeness (QED) is 0.769. The number of hydrogen-bond donors (Lipinski definition) is 1. The number of nitrogens with two attached hydrogens (primary N) is 1. The van der Waals surface area contributed by atoms with Gasteiger partial charge in [0.15, 0.2) is 0 Å². The van der Waals surface area contributed by atoms with Crippen molar-refractivity contribution in [2.24, 2.45) is 11.7 Å². The molecule has 0 spiro atoms. The van der Waals surface area contributed by atoms with E-state index in [0.717, 1.165) is 19.0 Å². The summed E-state index contributed by atoms with van der Waals surface area (Å²) in [4.78, 5) is 5.07. The summed E-state index contributed by atoms with van der Waals surface area (Å²) in [7, 11) is 2.21. The van der Waals surface area contributed by atoms with E-state index in [1.165, 1.54) is 38.9 Å². The van der Waals surface area contributed by atoms with Crippen LogP contribution in [0.5, 0.6) is 0 Å². The first-order valence-electron chi connectivity index (χ1n) is 7.21. The average molecular weight is 241 g/mol. The van der Waals surface area contributed by atoms with E-state index in [0.29, 0.717) is 0 Å². The Morgan fingerprint density at radius 3 is 2.29 bits per heavy atom.